The van der Waals surface area contributed by atoms with Gasteiger partial charge in [0.15, 0.2) is 5.75 Å². The van der Waals surface area contributed by atoms with E-state index in [4.69, 9.17) is 18.9 Å². The highest BCUT2D eigenvalue weighted by Gasteiger charge is 2.50. The number of nitrogens with zero attached hydrogens (tertiary/aromatic N) is 2. The number of amides is 1. The summed E-state index contributed by atoms with van der Waals surface area (Å²) in [5.74, 6) is -8.43. The topological polar surface area (TPSA) is 217 Å². The Balaban J connectivity index is 1.97. The van der Waals surface area contributed by atoms with Crippen molar-refractivity contribution in [3.63, 3.8) is 0 Å². The Morgan fingerprint density at radius 1 is 0.964 bits per heavy atom. The standard InChI is InChI=1S/C40H53N3O12/c1-18-13-12-14-19(2)39(51)42-30-25(17-41-43(9)10)34(48)27-28(35(30)49)33(47)23(6)37-29(27)38(50)40(8,55-37)53-16-15-26(52-11)20(3)36(54-24(7)44)22(5)32(46)21(4)31(18)45/h12-18,20-22,26,31-32,36,45-49H,1-11H3,(H,42,51)/b13-12-,16-15?,19-14-,41-17+/t18-,20+,21+,22+,26-,31-,32+,36+,40-/m0/s1. The number of esters is 1. The van der Waals surface area contributed by atoms with Crippen LogP contribution in [-0.4, -0.2) is 106 Å². The van der Waals surface area contributed by atoms with E-state index in [1.807, 2.05) is 0 Å². The van der Waals surface area contributed by atoms with Crippen LogP contribution in [0.15, 0.2) is 41.2 Å². The second-order valence-electron chi connectivity index (χ2n) is 14.7. The summed E-state index contributed by atoms with van der Waals surface area (Å²) in [7, 11) is 4.65. The Morgan fingerprint density at radius 2 is 1.62 bits per heavy atom. The van der Waals surface area contributed by atoms with Gasteiger partial charge in [0.2, 0.25) is 0 Å². The second kappa shape index (κ2) is 16.7. The normalized spacial score (nSPS) is 30.8. The maximum absolute atomic E-state index is 14.3. The maximum Gasteiger partial charge on any atom is 0.312 e. The highest BCUT2D eigenvalue weighted by molar-refractivity contribution is 6.23. The highest BCUT2D eigenvalue weighted by atomic mass is 16.7. The number of benzene rings is 2. The van der Waals surface area contributed by atoms with Crippen LogP contribution >= 0.6 is 0 Å². The minimum atomic E-state index is -2.04. The molecule has 6 N–H and O–H groups in total. The van der Waals surface area contributed by atoms with Crippen LogP contribution in [0.4, 0.5) is 5.69 Å². The number of anilines is 1. The largest absolute Gasteiger partial charge is 0.507 e. The summed E-state index contributed by atoms with van der Waals surface area (Å²) in [6.45, 7) is 12.4. The van der Waals surface area contributed by atoms with E-state index >= 15 is 0 Å². The van der Waals surface area contributed by atoms with E-state index < -0.39 is 88.8 Å². The number of hydrazone groups is 1. The molecule has 15 nitrogen and oxygen atoms in total. The molecule has 0 saturated heterocycles. The smallest absolute Gasteiger partial charge is 0.312 e. The van der Waals surface area contributed by atoms with Crippen molar-refractivity contribution in [1.29, 1.82) is 0 Å². The van der Waals surface area contributed by atoms with Crippen LogP contribution < -0.4 is 10.1 Å². The summed E-state index contributed by atoms with van der Waals surface area (Å²) in [6, 6.07) is 0. The molecular formula is C40H53N3O12. The number of carbonyl (C=O) groups excluding carboxylic acids is 3. The molecule has 300 valence electrons. The average Bonchev–Trinajstić information content (AvgIpc) is 3.39. The van der Waals surface area contributed by atoms with Crippen molar-refractivity contribution in [3.8, 4) is 23.0 Å². The summed E-state index contributed by atoms with van der Waals surface area (Å²) in [6.07, 6.45) is 4.69. The van der Waals surface area contributed by atoms with Gasteiger partial charge in [-0.05, 0) is 19.9 Å². The molecule has 55 heavy (non-hydrogen) atoms. The molecule has 0 unspecified atom stereocenters. The van der Waals surface area contributed by atoms with Crippen LogP contribution in [-0.2, 0) is 23.8 Å². The third-order valence-corrected chi connectivity index (χ3v) is 10.5. The van der Waals surface area contributed by atoms with Gasteiger partial charge < -0.3 is 54.8 Å². The van der Waals surface area contributed by atoms with Gasteiger partial charge in [-0.1, -0.05) is 45.9 Å². The molecule has 0 spiro atoms. The predicted molar refractivity (Wildman–Crippen MR) is 205 cm³/mol. The molecule has 0 radical (unpaired) electrons. The number of phenols is 3. The van der Waals surface area contributed by atoms with Crippen LogP contribution in [0, 0.1) is 30.6 Å². The molecule has 0 aliphatic carbocycles. The zero-order valence-corrected chi connectivity index (χ0v) is 33.1. The molecule has 0 aromatic heterocycles. The van der Waals surface area contributed by atoms with E-state index in [2.05, 4.69) is 10.4 Å². The molecule has 1 amide bonds. The summed E-state index contributed by atoms with van der Waals surface area (Å²) >= 11 is 0. The Hall–Kier alpha value is -5.12. The first-order chi connectivity index (χ1) is 25.7. The quantitative estimate of drug-likeness (QED) is 0.0822. The molecule has 9 atom stereocenters. The van der Waals surface area contributed by atoms with Gasteiger partial charge in [-0.3, -0.25) is 14.4 Å². The number of aliphatic hydroxyl groups excluding tert-OH is 2. The van der Waals surface area contributed by atoms with Gasteiger partial charge >= 0.3 is 11.8 Å². The van der Waals surface area contributed by atoms with Crippen LogP contribution in [0.2, 0.25) is 0 Å². The number of aromatic hydroxyl groups is 3. The molecule has 3 aliphatic rings. The fourth-order valence-electron chi connectivity index (χ4n) is 7.05. The number of aliphatic hydroxyl groups is 2. The predicted octanol–water partition coefficient (Wildman–Crippen LogP) is 4.65. The molecular weight excluding hydrogens is 714 g/mol. The Morgan fingerprint density at radius 3 is 2.22 bits per heavy atom. The lowest BCUT2D eigenvalue weighted by Crippen LogP contribution is -2.46. The number of phenolic OH excluding ortho intramolecular Hbond substituents is 3. The molecule has 5 rings (SSSR count). The molecule has 0 fully saturated rings. The lowest BCUT2D eigenvalue weighted by Gasteiger charge is -2.38. The van der Waals surface area contributed by atoms with Gasteiger partial charge in [-0.25, -0.2) is 0 Å². The number of Topliss-reactive ketones (excluding diaryl/α,β-unsaturated/α-hetero) is 1. The Labute approximate surface area is 320 Å². The number of hydrogen-bond donors (Lipinski definition) is 6. The number of ketones is 1. The van der Waals surface area contributed by atoms with Gasteiger partial charge in [0.1, 0.15) is 23.4 Å². The third-order valence-electron chi connectivity index (χ3n) is 10.5. The average molecular weight is 768 g/mol. The van der Waals surface area contributed by atoms with E-state index in [0.29, 0.717) is 0 Å². The first kappa shape index (κ1) is 42.6. The number of nitrogens with one attached hydrogen (secondary N) is 1. The number of allylic oxidation sites excluding steroid dienone is 2. The lowest BCUT2D eigenvalue weighted by atomic mass is 9.78. The molecule has 2 aromatic rings. The number of rotatable bonds is 4. The monoisotopic (exact) mass is 767 g/mol. The van der Waals surface area contributed by atoms with E-state index in [0.717, 1.165) is 0 Å². The Kier molecular flexibility index (Phi) is 13.0. The maximum atomic E-state index is 14.3. The van der Waals surface area contributed by atoms with Gasteiger partial charge in [0, 0.05) is 75.2 Å². The zero-order valence-electron chi connectivity index (χ0n) is 33.1. The van der Waals surface area contributed by atoms with Crippen molar-refractivity contribution < 1.29 is 58.9 Å². The number of methoxy groups -OCH3 is 1. The molecule has 3 aliphatic heterocycles. The first-order valence-corrected chi connectivity index (χ1v) is 18.0. The second-order valence-corrected chi connectivity index (χ2v) is 14.7. The van der Waals surface area contributed by atoms with Gasteiger partial charge in [-0.2, -0.15) is 5.10 Å². The van der Waals surface area contributed by atoms with E-state index in [9.17, 15) is 39.9 Å². The van der Waals surface area contributed by atoms with Crippen molar-refractivity contribution in [2.24, 2.45) is 28.8 Å². The molecule has 0 saturated carbocycles. The summed E-state index contributed by atoms with van der Waals surface area (Å²) < 4.78 is 23.4. The minimum Gasteiger partial charge on any atom is -0.507 e. The summed E-state index contributed by atoms with van der Waals surface area (Å²) in [5.41, 5.74) is -0.445. The lowest BCUT2D eigenvalue weighted by molar-refractivity contribution is -0.160. The summed E-state index contributed by atoms with van der Waals surface area (Å²) in [4.78, 5) is 40.1. The molecule has 3 heterocycles. The molecule has 5 bridgehead atoms. The van der Waals surface area contributed by atoms with Crippen LogP contribution in [0.3, 0.4) is 0 Å². The van der Waals surface area contributed by atoms with Crippen LogP contribution in [0.5, 0.6) is 23.0 Å². The van der Waals surface area contributed by atoms with E-state index in [1.165, 1.54) is 64.4 Å². The van der Waals surface area contributed by atoms with Crippen molar-refractivity contribution in [2.45, 2.75) is 85.6 Å². The zero-order chi connectivity index (χ0) is 41.3. The number of fused-ring (bicyclic) bond motifs is 14. The summed E-state index contributed by atoms with van der Waals surface area (Å²) in [5, 5.41) is 65.3. The minimum absolute atomic E-state index is 0.0475. The fourth-order valence-corrected chi connectivity index (χ4v) is 7.05. The van der Waals surface area contributed by atoms with Gasteiger partial charge in [-0.15, -0.1) is 0 Å². The third kappa shape index (κ3) is 8.28. The Bertz CT molecular complexity index is 1950. The number of hydrogen-bond acceptors (Lipinski definition) is 14. The first-order valence-electron chi connectivity index (χ1n) is 18.0. The number of carbonyl (C=O) groups is 3. The van der Waals surface area contributed by atoms with E-state index in [-0.39, 0.29) is 44.5 Å². The fraction of sp³-hybridized carbons (Fsp3) is 0.500. The van der Waals surface area contributed by atoms with Gasteiger partial charge in [0.05, 0.1) is 53.0 Å². The van der Waals surface area contributed by atoms with E-state index in [1.54, 1.807) is 53.9 Å². The SMILES string of the molecule is CO[C@H]1C=CO[C@@]2(C)Oc3c(C)c(O)c4c(O)c(c(/C=N/N(C)C)c(O)c4c3C2=O)NC(=O)/C(C)=C\C=C/[C@H](C)[C@H](O)[C@@H](C)[C@@H](O)[C@@H](C)[C@H](OC(C)=O)[C@@H]1C. The van der Waals surface area contributed by atoms with Crippen LogP contribution in [0.1, 0.15) is 70.0 Å². The number of ether oxygens (including phenoxy) is 4. The van der Waals surface area contributed by atoms with Gasteiger partial charge in [0.25, 0.3) is 11.7 Å². The van der Waals surface area contributed by atoms with Crippen molar-refractivity contribution in [2.75, 3.05) is 26.5 Å². The highest BCUT2D eigenvalue weighted by Crippen LogP contribution is 2.55. The van der Waals surface area contributed by atoms with Crippen molar-refractivity contribution in [1.82, 2.24) is 5.01 Å². The molecule has 15 heteroatoms. The van der Waals surface area contributed by atoms with Crippen molar-refractivity contribution in [3.05, 3.63) is 52.8 Å². The van der Waals surface area contributed by atoms with Crippen LogP contribution in [0.25, 0.3) is 10.8 Å². The van der Waals surface area contributed by atoms with Crippen molar-refractivity contribution >= 4 is 40.3 Å². The molecule has 2 aromatic carbocycles.